The molecule has 1 spiro atoms. The Balaban J connectivity index is 1.41. The number of hydrogen-bond donors (Lipinski definition) is 3. The third-order valence-corrected chi connectivity index (χ3v) is 6.71. The van der Waals surface area contributed by atoms with E-state index in [4.69, 9.17) is 0 Å². The van der Waals surface area contributed by atoms with Crippen LogP contribution in [-0.2, 0) is 28.6 Å². The van der Waals surface area contributed by atoms with E-state index in [0.29, 0.717) is 25.2 Å². The second-order valence-corrected chi connectivity index (χ2v) is 8.09. The Bertz CT molecular complexity index is 1040. The van der Waals surface area contributed by atoms with Crippen LogP contribution in [0.3, 0.4) is 0 Å². The highest BCUT2D eigenvalue weighted by atomic mass is 16.2. The minimum absolute atomic E-state index is 0.0991. The lowest BCUT2D eigenvalue weighted by Crippen LogP contribution is -2.54. The Morgan fingerprint density at radius 1 is 1.34 bits per heavy atom. The average molecular weight is 396 g/mol. The molecule has 9 heteroatoms. The first-order valence-electron chi connectivity index (χ1n) is 10.1. The standard InChI is InChI=1S/C20H24N6O3/c1-25-16(23-24-19(25)29)8-9-21-17(27)14-11-12-5-4-10-26(12)20(14)13-6-2-3-7-15(13)22-18(20)28/h2-3,6-7,12,14H,4-5,8-11H2,1H3,(H,21,27)(H,22,28)(H,24,29)/t12-,14+,20+/m1/s1. The van der Waals surface area contributed by atoms with E-state index in [1.165, 1.54) is 4.57 Å². The molecule has 3 aliphatic heterocycles. The maximum Gasteiger partial charge on any atom is 0.343 e. The minimum atomic E-state index is -0.930. The molecule has 0 aliphatic carbocycles. The average Bonchev–Trinajstić information content (AvgIpc) is 3.44. The molecule has 152 valence electrons. The van der Waals surface area contributed by atoms with Gasteiger partial charge in [-0.2, -0.15) is 5.10 Å². The molecule has 3 aliphatic rings. The van der Waals surface area contributed by atoms with Crippen LogP contribution in [0.4, 0.5) is 5.69 Å². The monoisotopic (exact) mass is 396 g/mol. The van der Waals surface area contributed by atoms with Gasteiger partial charge < -0.3 is 10.6 Å². The van der Waals surface area contributed by atoms with Gasteiger partial charge in [-0.15, -0.1) is 0 Å². The van der Waals surface area contributed by atoms with Crippen LogP contribution in [-0.4, -0.2) is 50.6 Å². The van der Waals surface area contributed by atoms with Gasteiger partial charge >= 0.3 is 5.69 Å². The predicted molar refractivity (Wildman–Crippen MR) is 105 cm³/mol. The number of nitrogens with one attached hydrogen (secondary N) is 3. The van der Waals surface area contributed by atoms with Crippen LogP contribution in [0, 0.1) is 5.92 Å². The van der Waals surface area contributed by atoms with Gasteiger partial charge in [0.25, 0.3) is 0 Å². The van der Waals surface area contributed by atoms with Gasteiger partial charge in [0.2, 0.25) is 11.8 Å². The van der Waals surface area contributed by atoms with Crippen molar-refractivity contribution in [1.29, 1.82) is 0 Å². The zero-order valence-electron chi connectivity index (χ0n) is 16.3. The van der Waals surface area contributed by atoms with Crippen LogP contribution in [0.1, 0.15) is 30.7 Å². The summed E-state index contributed by atoms with van der Waals surface area (Å²) in [6.45, 7) is 1.18. The molecule has 0 bridgehead atoms. The molecule has 1 aromatic carbocycles. The van der Waals surface area contributed by atoms with E-state index < -0.39 is 11.5 Å². The molecule has 2 saturated heterocycles. The number of anilines is 1. The van der Waals surface area contributed by atoms with Crippen LogP contribution < -0.4 is 16.3 Å². The molecule has 1 aromatic heterocycles. The Hall–Kier alpha value is -2.94. The smallest absolute Gasteiger partial charge is 0.343 e. The first-order chi connectivity index (χ1) is 14.0. The number of aromatic amines is 1. The molecular formula is C20H24N6O3. The molecule has 3 atom stereocenters. The molecule has 0 unspecified atom stereocenters. The first-order valence-corrected chi connectivity index (χ1v) is 10.1. The Morgan fingerprint density at radius 2 is 2.17 bits per heavy atom. The minimum Gasteiger partial charge on any atom is -0.355 e. The van der Waals surface area contributed by atoms with Crippen LogP contribution in [0.25, 0.3) is 0 Å². The molecule has 2 fully saturated rings. The Labute approximate surface area is 167 Å². The van der Waals surface area contributed by atoms with Gasteiger partial charge in [-0.1, -0.05) is 18.2 Å². The van der Waals surface area contributed by atoms with Gasteiger partial charge in [0, 0.05) is 37.3 Å². The number of hydrogen-bond acceptors (Lipinski definition) is 5. The van der Waals surface area contributed by atoms with Gasteiger partial charge in [-0.25, -0.2) is 9.89 Å². The summed E-state index contributed by atoms with van der Waals surface area (Å²) in [5.74, 6) is -0.0785. The fourth-order valence-corrected chi connectivity index (χ4v) is 5.40. The summed E-state index contributed by atoms with van der Waals surface area (Å²) in [6, 6.07) is 7.94. The molecule has 0 saturated carbocycles. The normalized spacial score (nSPS) is 27.8. The van der Waals surface area contributed by atoms with Crippen molar-refractivity contribution in [2.75, 3.05) is 18.4 Å². The highest BCUT2D eigenvalue weighted by Gasteiger charge is 2.65. The van der Waals surface area contributed by atoms with Gasteiger partial charge in [0.05, 0.1) is 5.92 Å². The molecule has 9 nitrogen and oxygen atoms in total. The summed E-state index contributed by atoms with van der Waals surface area (Å²) in [5.41, 5.74) is 0.501. The number of H-pyrrole nitrogens is 1. The quantitative estimate of drug-likeness (QED) is 0.679. The van der Waals surface area contributed by atoms with Gasteiger partial charge in [-0.05, 0) is 31.9 Å². The molecule has 2 aromatic rings. The third kappa shape index (κ3) is 2.50. The number of rotatable bonds is 4. The van der Waals surface area contributed by atoms with Gasteiger partial charge in [0.15, 0.2) is 0 Å². The fourth-order valence-electron chi connectivity index (χ4n) is 5.40. The van der Waals surface area contributed by atoms with Gasteiger partial charge in [0.1, 0.15) is 11.4 Å². The van der Waals surface area contributed by atoms with E-state index in [2.05, 4.69) is 25.7 Å². The third-order valence-electron chi connectivity index (χ3n) is 6.71. The molecule has 3 N–H and O–H groups in total. The van der Waals surface area contributed by atoms with Crippen molar-refractivity contribution in [1.82, 2.24) is 25.0 Å². The Morgan fingerprint density at radius 3 is 2.97 bits per heavy atom. The molecular weight excluding hydrogens is 372 g/mol. The second-order valence-electron chi connectivity index (χ2n) is 8.09. The van der Waals surface area contributed by atoms with Crippen molar-refractivity contribution in [2.45, 2.75) is 37.3 Å². The predicted octanol–water partition coefficient (Wildman–Crippen LogP) is 0.0990. The van der Waals surface area contributed by atoms with E-state index in [-0.39, 0.29) is 23.5 Å². The summed E-state index contributed by atoms with van der Waals surface area (Å²) in [4.78, 5) is 40.3. The number of carbonyl (C=O) groups is 2. The maximum absolute atomic E-state index is 13.3. The molecule has 2 amide bonds. The highest BCUT2D eigenvalue weighted by Crippen LogP contribution is 2.55. The summed E-state index contributed by atoms with van der Waals surface area (Å²) in [5, 5.41) is 12.4. The SMILES string of the molecule is Cn1c(CCNC(=O)[C@@H]2C[C@H]3CCCN3[C@]23C(=O)Nc2ccccc23)n[nH]c1=O. The second kappa shape index (κ2) is 6.55. The maximum atomic E-state index is 13.3. The molecule has 4 heterocycles. The lowest BCUT2D eigenvalue weighted by atomic mass is 9.78. The van der Waals surface area contributed by atoms with Crippen molar-refractivity contribution in [2.24, 2.45) is 13.0 Å². The zero-order valence-corrected chi connectivity index (χ0v) is 16.3. The molecule has 5 rings (SSSR count). The lowest BCUT2D eigenvalue weighted by molar-refractivity contribution is -0.137. The zero-order chi connectivity index (χ0) is 20.2. The molecule has 0 radical (unpaired) electrons. The molecule has 29 heavy (non-hydrogen) atoms. The number of aromatic nitrogens is 3. The lowest BCUT2D eigenvalue weighted by Gasteiger charge is -2.36. The van der Waals surface area contributed by atoms with Crippen LogP contribution in [0.2, 0.25) is 0 Å². The summed E-state index contributed by atoms with van der Waals surface area (Å²) < 4.78 is 1.43. The number of carbonyl (C=O) groups excluding carboxylic acids is 2. The summed E-state index contributed by atoms with van der Waals surface area (Å²) in [6.07, 6.45) is 3.17. The van der Waals surface area contributed by atoms with Gasteiger partial charge in [-0.3, -0.25) is 19.1 Å². The van der Waals surface area contributed by atoms with Crippen molar-refractivity contribution in [3.05, 3.63) is 46.1 Å². The summed E-state index contributed by atoms with van der Waals surface area (Å²) >= 11 is 0. The number of para-hydroxylation sites is 1. The van der Waals surface area contributed by atoms with Crippen LogP contribution in [0.15, 0.2) is 29.1 Å². The number of nitrogens with zero attached hydrogens (tertiary/aromatic N) is 3. The Kier molecular flexibility index (Phi) is 4.09. The van der Waals surface area contributed by atoms with Crippen molar-refractivity contribution >= 4 is 17.5 Å². The number of benzene rings is 1. The first kappa shape index (κ1) is 18.1. The highest BCUT2D eigenvalue weighted by molar-refractivity contribution is 6.09. The fraction of sp³-hybridized carbons (Fsp3) is 0.500. The van der Waals surface area contributed by atoms with E-state index in [0.717, 1.165) is 30.6 Å². The number of fused-ring (bicyclic) bond motifs is 4. The van der Waals surface area contributed by atoms with Crippen molar-refractivity contribution < 1.29 is 9.59 Å². The van der Waals surface area contributed by atoms with E-state index in [1.54, 1.807) is 7.05 Å². The van der Waals surface area contributed by atoms with Crippen molar-refractivity contribution in [3.63, 3.8) is 0 Å². The van der Waals surface area contributed by atoms with Crippen LogP contribution in [0.5, 0.6) is 0 Å². The van der Waals surface area contributed by atoms with E-state index in [1.807, 2.05) is 24.3 Å². The van der Waals surface area contributed by atoms with E-state index in [9.17, 15) is 14.4 Å². The van der Waals surface area contributed by atoms with Crippen LogP contribution >= 0.6 is 0 Å². The largest absolute Gasteiger partial charge is 0.355 e. The topological polar surface area (TPSA) is 112 Å². The number of amides is 2. The summed E-state index contributed by atoms with van der Waals surface area (Å²) in [7, 11) is 1.64. The van der Waals surface area contributed by atoms with E-state index >= 15 is 0 Å². The van der Waals surface area contributed by atoms with Crippen molar-refractivity contribution in [3.8, 4) is 0 Å².